The van der Waals surface area contributed by atoms with Crippen LogP contribution in [0.25, 0.3) is 0 Å². The minimum atomic E-state index is -2.74. The molecule has 3 heterocycles. The summed E-state index contributed by atoms with van der Waals surface area (Å²) in [6, 6.07) is 6.70. The molecule has 2 aromatic heterocycles. The summed E-state index contributed by atoms with van der Waals surface area (Å²) in [5, 5.41) is 58.9. The number of amides is 1. The van der Waals surface area contributed by atoms with E-state index < -0.39 is 77.7 Å². The number of halogens is 1. The van der Waals surface area contributed by atoms with Crippen molar-refractivity contribution in [1.29, 1.82) is 0 Å². The predicted octanol–water partition coefficient (Wildman–Crippen LogP) is 0.926. The topological polar surface area (TPSA) is 378 Å². The number of carbonyl (C=O) groups is 5. The van der Waals surface area contributed by atoms with Gasteiger partial charge in [-0.15, -0.1) is 20.2 Å². The van der Waals surface area contributed by atoms with Crippen LogP contribution in [0.5, 0.6) is 5.75 Å². The first-order valence-corrected chi connectivity index (χ1v) is 18.7. The zero-order chi connectivity index (χ0) is 46.5. The number of benzene rings is 1. The van der Waals surface area contributed by atoms with Gasteiger partial charge in [-0.05, 0) is 36.6 Å². The first kappa shape index (κ1) is 50.1. The summed E-state index contributed by atoms with van der Waals surface area (Å²) in [6.45, 7) is -0.389. The number of aliphatic hydroxyl groups is 1. The molecule has 1 fully saturated rings. The van der Waals surface area contributed by atoms with Crippen molar-refractivity contribution in [2.24, 2.45) is 0 Å². The normalized spacial score (nSPS) is 13.6. The van der Waals surface area contributed by atoms with Gasteiger partial charge in [0.2, 0.25) is 5.95 Å². The van der Waals surface area contributed by atoms with Crippen LogP contribution in [0.4, 0.5) is 11.8 Å². The van der Waals surface area contributed by atoms with Gasteiger partial charge in [0.1, 0.15) is 36.2 Å². The molecule has 1 aliphatic rings. The van der Waals surface area contributed by atoms with Crippen molar-refractivity contribution in [1.82, 2.24) is 25.3 Å². The average Bonchev–Trinajstić information content (AvgIpc) is 3.70. The van der Waals surface area contributed by atoms with Gasteiger partial charge in [-0.25, -0.2) is 19.7 Å². The highest BCUT2D eigenvalue weighted by molar-refractivity contribution is 6.32. The summed E-state index contributed by atoms with van der Waals surface area (Å²) in [5.74, 6) is -4.54. The standard InChI is InChI=1S/C29H34ClN9O11.C6H8O7/c1-46-24-6-5-19(12-23(24)30)13-33-27-22(28(41)34-15-25-31-8-3-9-32-25)14-35-29(36-27)37-10-2-4-20(37)16-48-26(40)7-11-47-17-21(50-39(44)45)18-49-38(42)43;7-3(8)1-6(13,5(11)12)2-4(9)10/h3,5-6,8-9,12,14,20-21H,2,4,7,10-11,13,15-18H2,1H3,(H,34,41)(H,33,35,36);13H,1-2H2,(H,7,8)(H,9,10)(H,11,12)/t20-,21?;/m0./s1. The van der Waals surface area contributed by atoms with E-state index in [2.05, 4.69) is 40.2 Å². The minimum Gasteiger partial charge on any atom is -0.495 e. The highest BCUT2D eigenvalue weighted by Crippen LogP contribution is 2.28. The molecule has 1 saturated heterocycles. The van der Waals surface area contributed by atoms with Gasteiger partial charge in [0, 0.05) is 31.7 Å². The van der Waals surface area contributed by atoms with E-state index >= 15 is 0 Å². The molecule has 0 spiro atoms. The number of aromatic nitrogens is 4. The molecule has 63 heavy (non-hydrogen) atoms. The van der Waals surface area contributed by atoms with Gasteiger partial charge in [0.15, 0.2) is 11.7 Å². The lowest BCUT2D eigenvalue weighted by molar-refractivity contribution is -0.790. The summed E-state index contributed by atoms with van der Waals surface area (Å²) in [6.07, 6.45) is 2.17. The number of rotatable bonds is 25. The summed E-state index contributed by atoms with van der Waals surface area (Å²) >= 11 is 6.30. The molecule has 28 heteroatoms. The summed E-state index contributed by atoms with van der Waals surface area (Å²) in [4.78, 5) is 105. The number of esters is 1. The molecule has 27 nitrogen and oxygen atoms in total. The molecule has 1 unspecified atom stereocenters. The van der Waals surface area contributed by atoms with Crippen molar-refractivity contribution in [2.75, 3.05) is 50.3 Å². The van der Waals surface area contributed by atoms with E-state index in [0.29, 0.717) is 35.5 Å². The molecular formula is C35H42ClN9O18. The number of methoxy groups -OCH3 is 1. The Bertz CT molecular complexity index is 2050. The zero-order valence-electron chi connectivity index (χ0n) is 33.2. The third-order valence-electron chi connectivity index (χ3n) is 8.43. The summed E-state index contributed by atoms with van der Waals surface area (Å²) < 4.78 is 15.9. The van der Waals surface area contributed by atoms with Crippen LogP contribution >= 0.6 is 11.6 Å². The lowest BCUT2D eigenvalue weighted by Gasteiger charge is -2.25. The summed E-state index contributed by atoms with van der Waals surface area (Å²) in [7, 11) is 1.52. The first-order valence-electron chi connectivity index (χ1n) is 18.4. The largest absolute Gasteiger partial charge is 0.495 e. The Hall–Kier alpha value is -7.26. The quantitative estimate of drug-likeness (QED) is 0.0298. The number of anilines is 2. The molecule has 0 aliphatic carbocycles. The highest BCUT2D eigenvalue weighted by Gasteiger charge is 2.41. The number of nitrogens with zero attached hydrogens (tertiary/aromatic N) is 7. The van der Waals surface area contributed by atoms with Crippen molar-refractivity contribution >= 4 is 53.2 Å². The number of ether oxygens (including phenoxy) is 3. The van der Waals surface area contributed by atoms with Crippen molar-refractivity contribution in [2.45, 2.75) is 62.9 Å². The maximum absolute atomic E-state index is 13.2. The highest BCUT2D eigenvalue weighted by atomic mass is 35.5. The van der Waals surface area contributed by atoms with Crippen LogP contribution in [-0.2, 0) is 51.4 Å². The fraction of sp³-hybridized carbons (Fsp3) is 0.457. The van der Waals surface area contributed by atoms with Gasteiger partial charge in [0.05, 0.1) is 57.2 Å². The van der Waals surface area contributed by atoms with E-state index in [0.717, 1.165) is 12.0 Å². The number of carbonyl (C=O) groups excluding carboxylic acids is 2. The Kier molecular flexibility index (Phi) is 19.8. The van der Waals surface area contributed by atoms with E-state index in [9.17, 15) is 44.2 Å². The van der Waals surface area contributed by atoms with Crippen LogP contribution in [0.15, 0.2) is 42.9 Å². The van der Waals surface area contributed by atoms with Crippen molar-refractivity contribution in [3.63, 3.8) is 0 Å². The van der Waals surface area contributed by atoms with E-state index in [1.54, 1.807) is 30.6 Å². The third kappa shape index (κ3) is 17.3. The van der Waals surface area contributed by atoms with Crippen LogP contribution < -0.4 is 20.3 Å². The number of hydrogen-bond donors (Lipinski definition) is 6. The molecule has 3 aromatic rings. The molecule has 6 N–H and O–H groups in total. The first-order chi connectivity index (χ1) is 29.9. The molecule has 1 amide bonds. The number of carboxylic acids is 3. The number of carboxylic acid groups (broad SMARTS) is 3. The molecular weight excluding hydrogens is 870 g/mol. The van der Waals surface area contributed by atoms with Crippen LogP contribution in [-0.4, -0.2) is 138 Å². The maximum Gasteiger partial charge on any atom is 0.336 e. The molecule has 0 saturated carbocycles. The second-order valence-electron chi connectivity index (χ2n) is 13.0. The fourth-order valence-electron chi connectivity index (χ4n) is 5.49. The SMILES string of the molecule is COc1ccc(CNc2nc(N3CCC[C@H]3COC(=O)CCOCC(CO[N+](=O)[O-])O[N+](=O)[O-])ncc2C(=O)NCc2ncccn2)cc1Cl.O=C(O)CC(O)(CC(=O)O)C(=O)O. The Morgan fingerprint density at radius 1 is 1.02 bits per heavy atom. The molecule has 0 bridgehead atoms. The molecule has 0 radical (unpaired) electrons. The maximum atomic E-state index is 13.2. The van der Waals surface area contributed by atoms with Crippen molar-refractivity contribution in [3.05, 3.63) is 85.1 Å². The molecule has 1 aromatic carbocycles. The minimum absolute atomic E-state index is 0.0123. The summed E-state index contributed by atoms with van der Waals surface area (Å²) in [5.41, 5.74) is -1.75. The smallest absolute Gasteiger partial charge is 0.336 e. The van der Waals surface area contributed by atoms with Crippen LogP contribution in [0.2, 0.25) is 5.02 Å². The van der Waals surface area contributed by atoms with Crippen molar-refractivity contribution in [3.8, 4) is 5.75 Å². The number of nitrogens with one attached hydrogen (secondary N) is 2. The second kappa shape index (κ2) is 24.9. The van der Waals surface area contributed by atoms with Crippen molar-refractivity contribution < 1.29 is 78.5 Å². The van der Waals surface area contributed by atoms with Crippen LogP contribution in [0, 0.1) is 20.2 Å². The Morgan fingerprint density at radius 3 is 2.32 bits per heavy atom. The van der Waals surface area contributed by atoms with Gasteiger partial charge in [-0.3, -0.25) is 19.2 Å². The monoisotopic (exact) mass is 911 g/mol. The van der Waals surface area contributed by atoms with E-state index in [1.807, 2.05) is 11.0 Å². The number of hydrogen-bond acceptors (Lipinski definition) is 21. The lowest BCUT2D eigenvalue weighted by atomic mass is 9.96. The molecule has 342 valence electrons. The Morgan fingerprint density at radius 2 is 1.71 bits per heavy atom. The van der Waals surface area contributed by atoms with Gasteiger partial charge < -0.3 is 59.8 Å². The zero-order valence-corrected chi connectivity index (χ0v) is 34.0. The third-order valence-corrected chi connectivity index (χ3v) is 8.73. The Balaban J connectivity index is 0.000000701. The Labute approximate surface area is 360 Å². The van der Waals surface area contributed by atoms with Crippen LogP contribution in [0.3, 0.4) is 0 Å². The lowest BCUT2D eigenvalue weighted by Crippen LogP contribution is -2.42. The fourth-order valence-corrected chi connectivity index (χ4v) is 5.77. The average molecular weight is 912 g/mol. The van der Waals surface area contributed by atoms with E-state index in [1.165, 1.54) is 13.3 Å². The van der Waals surface area contributed by atoms with E-state index in [-0.39, 0.29) is 50.1 Å². The molecule has 1 aliphatic heterocycles. The van der Waals surface area contributed by atoms with E-state index in [4.69, 9.17) is 46.2 Å². The van der Waals surface area contributed by atoms with Gasteiger partial charge in [-0.1, -0.05) is 17.7 Å². The van der Waals surface area contributed by atoms with Crippen LogP contribution in [0.1, 0.15) is 53.8 Å². The number of aliphatic carboxylic acids is 3. The van der Waals surface area contributed by atoms with Gasteiger partial charge in [0.25, 0.3) is 16.1 Å². The van der Waals surface area contributed by atoms with Gasteiger partial charge in [-0.2, -0.15) is 4.98 Å². The van der Waals surface area contributed by atoms with Gasteiger partial charge >= 0.3 is 23.9 Å². The molecule has 2 atom stereocenters. The second-order valence-corrected chi connectivity index (χ2v) is 13.5. The predicted molar refractivity (Wildman–Crippen MR) is 209 cm³/mol. The molecule has 4 rings (SSSR count).